The first-order valence-electron chi connectivity index (χ1n) is 9.39. The van der Waals surface area contributed by atoms with Crippen molar-refractivity contribution in [1.82, 2.24) is 0 Å². The molecule has 8 heteroatoms. The molecule has 1 unspecified atom stereocenters. The van der Waals surface area contributed by atoms with E-state index in [0.717, 1.165) is 5.56 Å². The van der Waals surface area contributed by atoms with Crippen molar-refractivity contribution in [3.63, 3.8) is 0 Å². The average molecular weight is 424 g/mol. The van der Waals surface area contributed by atoms with Gasteiger partial charge in [-0.05, 0) is 43.3 Å². The van der Waals surface area contributed by atoms with Crippen molar-refractivity contribution in [2.45, 2.75) is 23.5 Å². The monoisotopic (exact) mass is 424 g/mol. The summed E-state index contributed by atoms with van der Waals surface area (Å²) in [5.41, 5.74) is 1.84. The Balaban J connectivity index is 1.67. The lowest BCUT2D eigenvalue weighted by molar-refractivity contribution is -0.121. The molecule has 154 valence electrons. The number of anilines is 2. The number of carbonyl (C=O) groups is 2. The van der Waals surface area contributed by atoms with Crippen LogP contribution in [0.5, 0.6) is 0 Å². The Labute approximate surface area is 174 Å². The van der Waals surface area contributed by atoms with Gasteiger partial charge in [-0.1, -0.05) is 29.8 Å². The summed E-state index contributed by atoms with van der Waals surface area (Å²) in [6.45, 7) is 1.64. The molecule has 0 bridgehead atoms. The molecule has 2 aromatic carbocycles. The SMILES string of the molecule is Cc1ccc(NC(=O)CN2C(=O)CC(c3ccco3)S(=O)(=O)c3ccccc32)cc1. The summed E-state index contributed by atoms with van der Waals surface area (Å²) in [5, 5.41) is 1.60. The van der Waals surface area contributed by atoms with E-state index in [-0.39, 0.29) is 29.3 Å². The Hall–Kier alpha value is -3.39. The third kappa shape index (κ3) is 3.73. The smallest absolute Gasteiger partial charge is 0.244 e. The number of benzene rings is 2. The zero-order chi connectivity index (χ0) is 21.3. The van der Waals surface area contributed by atoms with Crippen LogP contribution in [0.25, 0.3) is 0 Å². The fourth-order valence-electron chi connectivity index (χ4n) is 3.47. The first-order chi connectivity index (χ1) is 14.4. The zero-order valence-electron chi connectivity index (χ0n) is 16.2. The van der Waals surface area contributed by atoms with Crippen LogP contribution < -0.4 is 10.2 Å². The molecule has 1 aliphatic heterocycles. The van der Waals surface area contributed by atoms with Crippen molar-refractivity contribution < 1.29 is 22.4 Å². The predicted molar refractivity (Wildman–Crippen MR) is 112 cm³/mol. The Bertz CT molecular complexity index is 1180. The van der Waals surface area contributed by atoms with Crippen molar-refractivity contribution in [1.29, 1.82) is 0 Å². The van der Waals surface area contributed by atoms with Gasteiger partial charge in [0, 0.05) is 5.69 Å². The maximum atomic E-state index is 13.3. The first-order valence-corrected chi connectivity index (χ1v) is 10.9. The first kappa shape index (κ1) is 19.9. The molecule has 1 atom stereocenters. The Morgan fingerprint density at radius 1 is 1.10 bits per heavy atom. The number of para-hydroxylation sites is 1. The number of fused-ring (bicyclic) bond motifs is 1. The molecule has 3 aromatic rings. The van der Waals surface area contributed by atoms with E-state index in [4.69, 9.17) is 4.42 Å². The third-order valence-corrected chi connectivity index (χ3v) is 7.10. The normalized spacial score (nSPS) is 17.8. The summed E-state index contributed by atoms with van der Waals surface area (Å²) >= 11 is 0. The minimum atomic E-state index is -3.90. The summed E-state index contributed by atoms with van der Waals surface area (Å²) in [4.78, 5) is 26.9. The lowest BCUT2D eigenvalue weighted by atomic mass is 10.2. The molecular formula is C22H20N2O5S. The maximum Gasteiger partial charge on any atom is 0.244 e. The van der Waals surface area contributed by atoms with Gasteiger partial charge in [0.2, 0.25) is 11.8 Å². The van der Waals surface area contributed by atoms with Crippen molar-refractivity contribution in [2.75, 3.05) is 16.8 Å². The number of nitrogens with zero attached hydrogens (tertiary/aromatic N) is 1. The summed E-state index contributed by atoms with van der Waals surface area (Å²) < 4.78 is 31.9. The van der Waals surface area contributed by atoms with Crippen LogP contribution >= 0.6 is 0 Å². The molecule has 0 spiro atoms. The molecule has 4 rings (SSSR count). The summed E-state index contributed by atoms with van der Waals surface area (Å²) in [7, 11) is -3.90. The predicted octanol–water partition coefficient (Wildman–Crippen LogP) is 3.48. The number of aryl methyl sites for hydroxylation is 1. The minimum Gasteiger partial charge on any atom is -0.468 e. The largest absolute Gasteiger partial charge is 0.468 e. The number of carbonyl (C=O) groups excluding carboxylic acids is 2. The van der Waals surface area contributed by atoms with Gasteiger partial charge in [-0.2, -0.15) is 0 Å². The van der Waals surface area contributed by atoms with Crippen LogP contribution in [-0.4, -0.2) is 26.8 Å². The number of amides is 2. The van der Waals surface area contributed by atoms with E-state index in [1.165, 1.54) is 29.4 Å². The van der Waals surface area contributed by atoms with Crippen LogP contribution in [0.2, 0.25) is 0 Å². The number of nitrogens with one attached hydrogen (secondary N) is 1. The molecule has 2 heterocycles. The quantitative estimate of drug-likeness (QED) is 0.692. The molecule has 0 saturated heterocycles. The van der Waals surface area contributed by atoms with Gasteiger partial charge in [0.15, 0.2) is 9.84 Å². The second-order valence-electron chi connectivity index (χ2n) is 7.12. The van der Waals surface area contributed by atoms with Crippen molar-refractivity contribution in [3.8, 4) is 0 Å². The van der Waals surface area contributed by atoms with Crippen molar-refractivity contribution in [2.24, 2.45) is 0 Å². The van der Waals surface area contributed by atoms with E-state index in [9.17, 15) is 18.0 Å². The molecule has 0 aliphatic carbocycles. The number of hydrogen-bond acceptors (Lipinski definition) is 5. The Morgan fingerprint density at radius 2 is 1.83 bits per heavy atom. The van der Waals surface area contributed by atoms with E-state index in [0.29, 0.717) is 5.69 Å². The van der Waals surface area contributed by atoms with Crippen LogP contribution in [0.15, 0.2) is 76.2 Å². The summed E-state index contributed by atoms with van der Waals surface area (Å²) in [6, 6.07) is 16.6. The van der Waals surface area contributed by atoms with Gasteiger partial charge < -0.3 is 14.6 Å². The van der Waals surface area contributed by atoms with Crippen molar-refractivity contribution >= 4 is 33.0 Å². The van der Waals surface area contributed by atoms with Crippen LogP contribution in [0.4, 0.5) is 11.4 Å². The van der Waals surface area contributed by atoms with Gasteiger partial charge in [0.1, 0.15) is 17.6 Å². The Kier molecular flexibility index (Phi) is 5.17. The van der Waals surface area contributed by atoms with Gasteiger partial charge in [0.05, 0.1) is 23.3 Å². The topological polar surface area (TPSA) is 96.7 Å². The maximum absolute atomic E-state index is 13.3. The second kappa shape index (κ2) is 7.79. The fraction of sp³-hybridized carbons (Fsp3) is 0.182. The highest BCUT2D eigenvalue weighted by molar-refractivity contribution is 7.91. The highest BCUT2D eigenvalue weighted by Gasteiger charge is 2.41. The number of sulfone groups is 1. The third-order valence-electron chi connectivity index (χ3n) is 5.00. The van der Waals surface area contributed by atoms with Gasteiger partial charge in [-0.3, -0.25) is 9.59 Å². The Morgan fingerprint density at radius 3 is 2.53 bits per heavy atom. The lowest BCUT2D eigenvalue weighted by Crippen LogP contribution is -2.38. The molecule has 30 heavy (non-hydrogen) atoms. The number of rotatable bonds is 4. The lowest BCUT2D eigenvalue weighted by Gasteiger charge is -2.21. The molecule has 0 radical (unpaired) electrons. The number of furan rings is 1. The molecule has 2 amide bonds. The molecular weight excluding hydrogens is 404 g/mol. The van der Waals surface area contributed by atoms with Crippen molar-refractivity contribution in [3.05, 3.63) is 78.3 Å². The fourth-order valence-corrected chi connectivity index (χ4v) is 5.32. The van der Waals surface area contributed by atoms with Gasteiger partial charge in [-0.25, -0.2) is 8.42 Å². The van der Waals surface area contributed by atoms with Crippen LogP contribution in [0, 0.1) is 6.92 Å². The van der Waals surface area contributed by atoms with Crippen LogP contribution in [0.1, 0.15) is 23.0 Å². The summed E-state index contributed by atoms with van der Waals surface area (Å²) in [6.07, 6.45) is 1.06. The molecule has 1 N–H and O–H groups in total. The molecule has 7 nitrogen and oxygen atoms in total. The van der Waals surface area contributed by atoms with Gasteiger partial charge >= 0.3 is 0 Å². The highest BCUT2D eigenvalue weighted by Crippen LogP contribution is 2.40. The highest BCUT2D eigenvalue weighted by atomic mass is 32.2. The molecule has 0 saturated carbocycles. The van der Waals surface area contributed by atoms with E-state index >= 15 is 0 Å². The van der Waals surface area contributed by atoms with E-state index in [1.807, 2.05) is 19.1 Å². The average Bonchev–Trinajstić information content (AvgIpc) is 3.23. The molecule has 1 aromatic heterocycles. The van der Waals surface area contributed by atoms with Crippen LogP contribution in [-0.2, 0) is 19.4 Å². The zero-order valence-corrected chi connectivity index (χ0v) is 17.1. The summed E-state index contributed by atoms with van der Waals surface area (Å²) in [5.74, 6) is -0.691. The minimum absolute atomic E-state index is 0.000357. The van der Waals surface area contributed by atoms with Gasteiger partial charge in [0.25, 0.3) is 0 Å². The van der Waals surface area contributed by atoms with E-state index in [1.54, 1.807) is 30.3 Å². The molecule has 1 aliphatic rings. The van der Waals surface area contributed by atoms with Crippen LogP contribution in [0.3, 0.4) is 0 Å². The standard InChI is InChI=1S/C22H20N2O5S/c1-15-8-10-16(11-9-15)23-21(25)14-24-17-5-2-3-7-19(17)30(27,28)20(13-22(24)26)18-6-4-12-29-18/h2-12,20H,13-14H2,1H3,(H,23,25). The second-order valence-corrected chi connectivity index (χ2v) is 9.21. The molecule has 0 fully saturated rings. The van der Waals surface area contributed by atoms with Gasteiger partial charge in [-0.15, -0.1) is 0 Å². The number of hydrogen-bond donors (Lipinski definition) is 1. The van der Waals surface area contributed by atoms with E-state index in [2.05, 4.69) is 5.32 Å². The van der Waals surface area contributed by atoms with E-state index < -0.39 is 26.9 Å².